The van der Waals surface area contributed by atoms with Crippen LogP contribution in [0.25, 0.3) is 0 Å². The topological polar surface area (TPSA) is 105 Å². The molecule has 0 unspecified atom stereocenters. The minimum absolute atomic E-state index is 0.0329. The van der Waals surface area contributed by atoms with Gasteiger partial charge in [-0.15, -0.1) is 0 Å². The zero-order valence-electron chi connectivity index (χ0n) is 19.4. The van der Waals surface area contributed by atoms with Crippen LogP contribution in [0.2, 0.25) is 0 Å². The molecule has 8 nitrogen and oxygen atoms in total. The summed E-state index contributed by atoms with van der Waals surface area (Å²) in [6.45, 7) is 1.74. The third-order valence-corrected chi connectivity index (χ3v) is 8.74. The Morgan fingerprint density at radius 3 is 2.54 bits per heavy atom. The molecule has 1 atom stereocenters. The van der Waals surface area contributed by atoms with Crippen LogP contribution in [0.15, 0.2) is 53.0 Å². The summed E-state index contributed by atoms with van der Waals surface area (Å²) >= 11 is 3.37. The number of carbonyl (C=O) groups is 2. The predicted octanol–water partition coefficient (Wildman–Crippen LogP) is 3.54. The maximum Gasteiger partial charge on any atom is 0.253 e. The van der Waals surface area contributed by atoms with Gasteiger partial charge in [-0.1, -0.05) is 40.2 Å². The molecular formula is C25H30BrN3O5S. The van der Waals surface area contributed by atoms with Crippen LogP contribution >= 0.6 is 15.9 Å². The van der Waals surface area contributed by atoms with Crippen molar-refractivity contribution in [2.24, 2.45) is 5.92 Å². The van der Waals surface area contributed by atoms with Gasteiger partial charge in [-0.25, -0.2) is 12.7 Å². The van der Waals surface area contributed by atoms with E-state index < -0.39 is 10.0 Å². The molecule has 2 fully saturated rings. The largest absolute Gasteiger partial charge is 0.376 e. The van der Waals surface area contributed by atoms with Crippen LogP contribution in [0.4, 0.5) is 5.69 Å². The number of sulfonamides is 1. The van der Waals surface area contributed by atoms with Gasteiger partial charge in [-0.05, 0) is 55.5 Å². The molecule has 0 saturated carbocycles. The molecule has 0 aliphatic carbocycles. The number of nitrogens with one attached hydrogen (secondary N) is 2. The van der Waals surface area contributed by atoms with Gasteiger partial charge in [0.05, 0.1) is 23.1 Å². The number of para-hydroxylation sites is 1. The fourth-order valence-corrected chi connectivity index (χ4v) is 6.45. The van der Waals surface area contributed by atoms with E-state index in [1.54, 1.807) is 36.4 Å². The Balaban J connectivity index is 1.31. The van der Waals surface area contributed by atoms with Gasteiger partial charge in [-0.2, -0.15) is 0 Å². The van der Waals surface area contributed by atoms with Crippen LogP contribution < -0.4 is 10.6 Å². The third kappa shape index (κ3) is 6.91. The molecule has 4 rings (SSSR count). The highest BCUT2D eigenvalue weighted by Crippen LogP contribution is 2.25. The van der Waals surface area contributed by atoms with E-state index in [0.29, 0.717) is 36.2 Å². The minimum Gasteiger partial charge on any atom is -0.376 e. The minimum atomic E-state index is -3.47. The van der Waals surface area contributed by atoms with Crippen molar-refractivity contribution in [2.75, 3.05) is 31.6 Å². The SMILES string of the molecule is O=C(NC[C@@H]1CCCO1)c1ccccc1NC(=O)C1CCN(S(=O)(=O)Cc2cccc(Br)c2)CC1. The second-order valence-electron chi connectivity index (χ2n) is 8.94. The molecule has 0 aromatic heterocycles. The fourth-order valence-electron chi connectivity index (χ4n) is 4.46. The normalized spacial score (nSPS) is 19.4. The molecule has 2 aliphatic heterocycles. The summed E-state index contributed by atoms with van der Waals surface area (Å²) in [5.74, 6) is -0.855. The molecule has 0 bridgehead atoms. The molecule has 2 aliphatic rings. The molecule has 188 valence electrons. The average molecular weight is 565 g/mol. The van der Waals surface area contributed by atoms with Gasteiger partial charge in [0.2, 0.25) is 15.9 Å². The van der Waals surface area contributed by atoms with E-state index in [9.17, 15) is 18.0 Å². The van der Waals surface area contributed by atoms with Crippen molar-refractivity contribution >= 4 is 43.5 Å². The molecule has 0 radical (unpaired) electrons. The van der Waals surface area contributed by atoms with E-state index in [4.69, 9.17) is 4.74 Å². The Bertz CT molecular complexity index is 1160. The first-order valence-electron chi connectivity index (χ1n) is 11.8. The van der Waals surface area contributed by atoms with Crippen LogP contribution in [-0.4, -0.2) is 56.9 Å². The van der Waals surface area contributed by atoms with Gasteiger partial charge in [-0.3, -0.25) is 9.59 Å². The number of hydrogen-bond donors (Lipinski definition) is 2. The van der Waals surface area contributed by atoms with E-state index in [-0.39, 0.29) is 42.7 Å². The lowest BCUT2D eigenvalue weighted by Crippen LogP contribution is -2.42. The Labute approximate surface area is 214 Å². The second-order valence-corrected chi connectivity index (χ2v) is 11.8. The zero-order chi connectivity index (χ0) is 24.8. The van der Waals surface area contributed by atoms with Gasteiger partial charge in [0.15, 0.2) is 0 Å². The molecule has 2 heterocycles. The Hall–Kier alpha value is -2.27. The highest BCUT2D eigenvalue weighted by atomic mass is 79.9. The average Bonchev–Trinajstić information content (AvgIpc) is 3.36. The van der Waals surface area contributed by atoms with Crippen molar-refractivity contribution in [2.45, 2.75) is 37.5 Å². The second kappa shape index (κ2) is 11.6. The van der Waals surface area contributed by atoms with Crippen molar-refractivity contribution in [3.05, 3.63) is 64.1 Å². The number of anilines is 1. The Morgan fingerprint density at radius 2 is 1.83 bits per heavy atom. The Kier molecular flexibility index (Phi) is 8.59. The molecule has 0 spiro atoms. The molecule has 2 N–H and O–H groups in total. The molecular weight excluding hydrogens is 534 g/mol. The number of carbonyl (C=O) groups excluding carboxylic acids is 2. The quantitative estimate of drug-likeness (QED) is 0.511. The highest BCUT2D eigenvalue weighted by Gasteiger charge is 2.31. The van der Waals surface area contributed by atoms with E-state index in [2.05, 4.69) is 26.6 Å². The standard InChI is InChI=1S/C25H30BrN3O5S/c26-20-6-3-5-18(15-20)17-35(32,33)29-12-10-19(11-13-29)24(30)28-23-9-2-1-8-22(23)25(31)27-16-21-7-4-14-34-21/h1-3,5-6,8-9,15,19,21H,4,7,10-14,16-17H2,(H,27,31)(H,28,30)/t21-/m0/s1. The van der Waals surface area contributed by atoms with Crippen molar-refractivity contribution in [3.63, 3.8) is 0 Å². The number of hydrogen-bond acceptors (Lipinski definition) is 5. The lowest BCUT2D eigenvalue weighted by Gasteiger charge is -2.30. The predicted molar refractivity (Wildman–Crippen MR) is 137 cm³/mol. The summed E-state index contributed by atoms with van der Waals surface area (Å²) in [6.07, 6.45) is 2.81. The summed E-state index contributed by atoms with van der Waals surface area (Å²) < 4.78 is 33.6. The molecule has 35 heavy (non-hydrogen) atoms. The third-order valence-electron chi connectivity index (χ3n) is 6.40. The number of rotatable bonds is 8. The van der Waals surface area contributed by atoms with Crippen LogP contribution in [0.5, 0.6) is 0 Å². The van der Waals surface area contributed by atoms with E-state index >= 15 is 0 Å². The summed E-state index contributed by atoms with van der Waals surface area (Å²) in [4.78, 5) is 25.7. The summed E-state index contributed by atoms with van der Waals surface area (Å²) in [6, 6.07) is 14.2. The van der Waals surface area contributed by atoms with Crippen molar-refractivity contribution in [3.8, 4) is 0 Å². The number of halogens is 1. The molecule has 2 saturated heterocycles. The summed E-state index contributed by atoms with van der Waals surface area (Å²) in [7, 11) is -3.47. The van der Waals surface area contributed by atoms with E-state index in [1.807, 2.05) is 12.1 Å². The van der Waals surface area contributed by atoms with Gasteiger partial charge in [0.1, 0.15) is 0 Å². The molecule has 2 aromatic carbocycles. The van der Waals surface area contributed by atoms with Crippen LogP contribution in [0.1, 0.15) is 41.6 Å². The molecule has 10 heteroatoms. The zero-order valence-corrected chi connectivity index (χ0v) is 21.8. The summed E-state index contributed by atoms with van der Waals surface area (Å²) in [5.41, 5.74) is 1.56. The fraction of sp³-hybridized carbons (Fsp3) is 0.440. The monoisotopic (exact) mass is 563 g/mol. The van der Waals surface area contributed by atoms with Gasteiger partial charge in [0.25, 0.3) is 5.91 Å². The van der Waals surface area contributed by atoms with Crippen LogP contribution in [0.3, 0.4) is 0 Å². The maximum atomic E-state index is 13.0. The molecule has 2 amide bonds. The summed E-state index contributed by atoms with van der Waals surface area (Å²) in [5, 5.41) is 5.77. The number of benzene rings is 2. The number of piperidine rings is 1. The van der Waals surface area contributed by atoms with Crippen molar-refractivity contribution in [1.82, 2.24) is 9.62 Å². The van der Waals surface area contributed by atoms with Crippen molar-refractivity contribution in [1.29, 1.82) is 0 Å². The number of ether oxygens (including phenoxy) is 1. The smallest absolute Gasteiger partial charge is 0.253 e. The first-order valence-corrected chi connectivity index (χ1v) is 14.2. The Morgan fingerprint density at radius 1 is 1.06 bits per heavy atom. The lowest BCUT2D eigenvalue weighted by molar-refractivity contribution is -0.120. The van der Waals surface area contributed by atoms with Crippen molar-refractivity contribution < 1.29 is 22.7 Å². The molecule has 2 aromatic rings. The first-order chi connectivity index (χ1) is 16.8. The van der Waals surface area contributed by atoms with Crippen LogP contribution in [-0.2, 0) is 25.3 Å². The van der Waals surface area contributed by atoms with E-state index in [0.717, 1.165) is 23.9 Å². The number of amides is 2. The maximum absolute atomic E-state index is 13.0. The first kappa shape index (κ1) is 25.8. The lowest BCUT2D eigenvalue weighted by atomic mass is 9.97. The highest BCUT2D eigenvalue weighted by molar-refractivity contribution is 9.10. The number of nitrogens with zero attached hydrogens (tertiary/aromatic N) is 1. The van der Waals surface area contributed by atoms with Gasteiger partial charge in [0, 0.05) is 36.6 Å². The van der Waals surface area contributed by atoms with Gasteiger partial charge < -0.3 is 15.4 Å². The van der Waals surface area contributed by atoms with Gasteiger partial charge >= 0.3 is 0 Å². The van der Waals surface area contributed by atoms with Crippen LogP contribution in [0, 0.1) is 5.92 Å². The van der Waals surface area contributed by atoms with E-state index in [1.165, 1.54) is 4.31 Å².